The van der Waals surface area contributed by atoms with Crippen LogP contribution >= 0.6 is 0 Å². The van der Waals surface area contributed by atoms with E-state index in [-0.39, 0.29) is 6.04 Å². The van der Waals surface area contributed by atoms with E-state index < -0.39 is 5.91 Å². The third kappa shape index (κ3) is 4.43. The molecule has 1 aliphatic carbocycles. The van der Waals surface area contributed by atoms with Crippen LogP contribution in [0.1, 0.15) is 57.5 Å². The van der Waals surface area contributed by atoms with Gasteiger partial charge >= 0.3 is 0 Å². The van der Waals surface area contributed by atoms with Gasteiger partial charge in [-0.2, -0.15) is 0 Å². The Bertz CT molecular complexity index is 1280. The molecule has 5 rings (SSSR count). The van der Waals surface area contributed by atoms with Gasteiger partial charge in [-0.25, -0.2) is 10.5 Å². The summed E-state index contributed by atoms with van der Waals surface area (Å²) in [5.74, 6) is 0.348. The largest absolute Gasteiger partial charge is 0.341 e. The van der Waals surface area contributed by atoms with Gasteiger partial charge in [0, 0.05) is 24.8 Å². The molecular formula is C26H28N6O2. The molecule has 8 heteroatoms. The summed E-state index contributed by atoms with van der Waals surface area (Å²) in [7, 11) is 0. The number of fused-ring (bicyclic) bond motifs is 2. The number of para-hydroxylation sites is 2. The van der Waals surface area contributed by atoms with Crippen LogP contribution in [0.25, 0.3) is 11.0 Å². The Morgan fingerprint density at radius 1 is 1.15 bits per heavy atom. The maximum Gasteiger partial charge on any atom is 0.274 e. The van der Waals surface area contributed by atoms with Crippen molar-refractivity contribution in [1.82, 2.24) is 25.3 Å². The van der Waals surface area contributed by atoms with Gasteiger partial charge in [-0.3, -0.25) is 19.9 Å². The Labute approximate surface area is 197 Å². The average molecular weight is 457 g/mol. The zero-order valence-electron chi connectivity index (χ0n) is 18.9. The highest BCUT2D eigenvalue weighted by atomic mass is 16.5. The van der Waals surface area contributed by atoms with Crippen LogP contribution in [-0.4, -0.2) is 31.0 Å². The van der Waals surface area contributed by atoms with Crippen molar-refractivity contribution in [2.24, 2.45) is 5.73 Å². The zero-order chi connectivity index (χ0) is 23.5. The fraction of sp³-hybridized carbons (Fsp3) is 0.269. The summed E-state index contributed by atoms with van der Waals surface area (Å²) in [6.45, 7) is 1.55. The molecule has 2 aromatic carbocycles. The molecule has 5 N–H and O–H groups in total. The van der Waals surface area contributed by atoms with Gasteiger partial charge in [0.05, 0.1) is 29.3 Å². The van der Waals surface area contributed by atoms with Crippen molar-refractivity contribution in [3.05, 3.63) is 94.6 Å². The first kappa shape index (κ1) is 22.2. The monoisotopic (exact) mass is 456 g/mol. The minimum Gasteiger partial charge on any atom is -0.341 e. The normalized spacial score (nSPS) is 15.4. The van der Waals surface area contributed by atoms with Gasteiger partial charge in [-0.05, 0) is 66.3 Å². The van der Waals surface area contributed by atoms with E-state index in [9.17, 15) is 4.79 Å². The van der Waals surface area contributed by atoms with Crippen LogP contribution in [0, 0.1) is 0 Å². The number of rotatable bonds is 7. The summed E-state index contributed by atoms with van der Waals surface area (Å²) in [6.07, 6.45) is 5.01. The van der Waals surface area contributed by atoms with E-state index in [0.717, 1.165) is 52.9 Å². The van der Waals surface area contributed by atoms with Crippen LogP contribution in [-0.2, 0) is 26.1 Å². The highest BCUT2D eigenvalue weighted by molar-refractivity contribution is 5.93. The molecule has 174 valence electrons. The fourth-order valence-electron chi connectivity index (χ4n) is 4.88. The van der Waals surface area contributed by atoms with Gasteiger partial charge in [0.15, 0.2) is 0 Å². The first-order chi connectivity index (χ1) is 16.7. The van der Waals surface area contributed by atoms with Gasteiger partial charge in [-0.15, -0.1) is 0 Å². The van der Waals surface area contributed by atoms with Crippen LogP contribution in [0.2, 0.25) is 0 Å². The SMILES string of the molecule is NCc1cc(C(=O)NO)ccc1CN(Cc1nc2ccccc2[nH]1)C1CCCc2cccnc21. The number of aryl methyl sites for hydroxylation is 1. The smallest absolute Gasteiger partial charge is 0.274 e. The highest BCUT2D eigenvalue weighted by Crippen LogP contribution is 2.35. The second kappa shape index (κ2) is 9.72. The number of aromatic amines is 1. The van der Waals surface area contributed by atoms with Gasteiger partial charge in [0.1, 0.15) is 5.82 Å². The molecule has 8 nitrogen and oxygen atoms in total. The Balaban J connectivity index is 1.51. The lowest BCUT2D eigenvalue weighted by atomic mass is 9.90. The van der Waals surface area contributed by atoms with E-state index in [2.05, 4.69) is 16.0 Å². The molecule has 0 bridgehead atoms. The molecule has 1 unspecified atom stereocenters. The van der Waals surface area contributed by atoms with Crippen molar-refractivity contribution in [2.45, 2.75) is 44.9 Å². The Morgan fingerprint density at radius 3 is 2.85 bits per heavy atom. The molecule has 0 saturated heterocycles. The molecule has 2 heterocycles. The molecule has 4 aromatic rings. The molecule has 1 aliphatic rings. The van der Waals surface area contributed by atoms with E-state index in [0.29, 0.717) is 25.2 Å². The van der Waals surface area contributed by atoms with Crippen molar-refractivity contribution < 1.29 is 10.0 Å². The standard InChI is InChI=1S/C26H28N6O2/c27-14-20-13-18(26(33)31-34)10-11-19(20)15-32(16-24-29-21-7-1-2-8-22(21)30-24)23-9-3-5-17-6-4-12-28-25(17)23/h1-2,4,6-8,10-13,23,34H,3,5,9,14-16,27H2,(H,29,30)(H,31,33). The second-order valence-electron chi connectivity index (χ2n) is 8.69. The molecule has 0 fully saturated rings. The number of benzene rings is 2. The summed E-state index contributed by atoms with van der Waals surface area (Å²) in [6, 6.07) is 17.7. The van der Waals surface area contributed by atoms with Crippen LogP contribution in [0.3, 0.4) is 0 Å². The van der Waals surface area contributed by atoms with Crippen LogP contribution in [0.5, 0.6) is 0 Å². The third-order valence-corrected chi connectivity index (χ3v) is 6.56. The van der Waals surface area contributed by atoms with Gasteiger partial charge < -0.3 is 10.7 Å². The molecule has 1 atom stereocenters. The summed E-state index contributed by atoms with van der Waals surface area (Å²) in [5.41, 5.74) is 14.4. The number of nitrogens with two attached hydrogens (primary N) is 1. The van der Waals surface area contributed by atoms with Crippen LogP contribution in [0.4, 0.5) is 0 Å². The second-order valence-corrected chi connectivity index (χ2v) is 8.69. The summed E-state index contributed by atoms with van der Waals surface area (Å²) in [5, 5.41) is 9.00. The van der Waals surface area contributed by atoms with E-state index in [4.69, 9.17) is 20.9 Å². The highest BCUT2D eigenvalue weighted by Gasteiger charge is 2.28. The van der Waals surface area contributed by atoms with Crippen LogP contribution < -0.4 is 11.2 Å². The molecular weight excluding hydrogens is 428 g/mol. The molecule has 2 aromatic heterocycles. The maximum absolute atomic E-state index is 11.9. The van der Waals surface area contributed by atoms with Crippen molar-refractivity contribution in [2.75, 3.05) is 0 Å². The van der Waals surface area contributed by atoms with Crippen LogP contribution in [0.15, 0.2) is 60.8 Å². The number of hydroxylamine groups is 1. The number of imidazole rings is 1. The van der Waals surface area contributed by atoms with Gasteiger partial charge in [0.25, 0.3) is 5.91 Å². The van der Waals surface area contributed by atoms with E-state index in [1.807, 2.05) is 42.6 Å². The molecule has 1 amide bonds. The van der Waals surface area contributed by atoms with E-state index >= 15 is 0 Å². The van der Waals surface area contributed by atoms with Crippen molar-refractivity contribution in [1.29, 1.82) is 0 Å². The van der Waals surface area contributed by atoms with Crippen molar-refractivity contribution in [3.63, 3.8) is 0 Å². The number of amides is 1. The van der Waals surface area contributed by atoms with Crippen molar-refractivity contribution >= 4 is 16.9 Å². The number of nitrogens with one attached hydrogen (secondary N) is 2. The first-order valence-corrected chi connectivity index (χ1v) is 11.5. The molecule has 0 saturated carbocycles. The average Bonchev–Trinajstić information content (AvgIpc) is 3.30. The third-order valence-electron chi connectivity index (χ3n) is 6.56. The maximum atomic E-state index is 11.9. The fourth-order valence-corrected chi connectivity index (χ4v) is 4.88. The molecule has 0 radical (unpaired) electrons. The van der Waals surface area contributed by atoms with Crippen molar-refractivity contribution in [3.8, 4) is 0 Å². The number of carbonyl (C=O) groups excluding carboxylic acids is 1. The quantitative estimate of drug-likeness (QED) is 0.249. The number of nitrogens with zero attached hydrogens (tertiary/aromatic N) is 3. The number of H-pyrrole nitrogens is 1. The lowest BCUT2D eigenvalue weighted by Gasteiger charge is -2.35. The van der Waals surface area contributed by atoms with Gasteiger partial charge in [-0.1, -0.05) is 24.3 Å². The number of carbonyl (C=O) groups is 1. The number of pyridine rings is 1. The Kier molecular flexibility index (Phi) is 6.35. The van der Waals surface area contributed by atoms with E-state index in [1.165, 1.54) is 5.56 Å². The predicted molar refractivity (Wildman–Crippen MR) is 129 cm³/mol. The number of aromatic nitrogens is 3. The number of hydrogen-bond acceptors (Lipinski definition) is 6. The lowest BCUT2D eigenvalue weighted by molar-refractivity contribution is 0.0706. The Morgan fingerprint density at radius 2 is 2.03 bits per heavy atom. The summed E-state index contributed by atoms with van der Waals surface area (Å²) < 4.78 is 0. The Hall–Kier alpha value is -3.59. The minimum atomic E-state index is -0.550. The van der Waals surface area contributed by atoms with E-state index in [1.54, 1.807) is 17.6 Å². The number of hydrogen-bond donors (Lipinski definition) is 4. The van der Waals surface area contributed by atoms with Gasteiger partial charge in [0.2, 0.25) is 0 Å². The topological polar surface area (TPSA) is 120 Å². The molecule has 0 aliphatic heterocycles. The zero-order valence-corrected chi connectivity index (χ0v) is 18.9. The predicted octanol–water partition coefficient (Wildman–Crippen LogP) is 3.62. The minimum absolute atomic E-state index is 0.143. The summed E-state index contributed by atoms with van der Waals surface area (Å²) >= 11 is 0. The first-order valence-electron chi connectivity index (χ1n) is 11.5. The lowest BCUT2D eigenvalue weighted by Crippen LogP contribution is -2.32. The molecule has 0 spiro atoms. The molecule has 34 heavy (non-hydrogen) atoms. The summed E-state index contributed by atoms with van der Waals surface area (Å²) in [4.78, 5) is 27.3.